The first-order chi connectivity index (χ1) is 9.61. The molecule has 1 atom stereocenters. The van der Waals surface area contributed by atoms with Crippen LogP contribution in [0.5, 0.6) is 0 Å². The van der Waals surface area contributed by atoms with E-state index in [2.05, 4.69) is 28.8 Å². The van der Waals surface area contributed by atoms with Gasteiger partial charge in [0.05, 0.1) is 5.69 Å². The third-order valence-corrected chi connectivity index (χ3v) is 4.27. The standard InChI is InChI=1S/C15H23N5/c1-5-12-16-13-11(3)18-19(4)14(13)15(17-12)20-9-7-6-8-10(20)2/h10H,5-9H2,1-4H3/t10-/m1/s1. The zero-order valence-electron chi connectivity index (χ0n) is 12.8. The summed E-state index contributed by atoms with van der Waals surface area (Å²) in [6, 6.07) is 0.543. The molecule has 2 aromatic rings. The van der Waals surface area contributed by atoms with Crippen LogP contribution in [-0.2, 0) is 13.5 Å². The number of nitrogens with zero attached hydrogens (tertiary/aromatic N) is 5. The monoisotopic (exact) mass is 273 g/mol. The van der Waals surface area contributed by atoms with Crippen molar-refractivity contribution in [1.29, 1.82) is 0 Å². The van der Waals surface area contributed by atoms with Crippen molar-refractivity contribution >= 4 is 16.9 Å². The Kier molecular flexibility index (Phi) is 3.36. The van der Waals surface area contributed by atoms with E-state index < -0.39 is 0 Å². The summed E-state index contributed by atoms with van der Waals surface area (Å²) in [5.41, 5.74) is 3.08. The lowest BCUT2D eigenvalue weighted by Gasteiger charge is -2.34. The van der Waals surface area contributed by atoms with Gasteiger partial charge in [-0.3, -0.25) is 4.68 Å². The Hall–Kier alpha value is -1.65. The van der Waals surface area contributed by atoms with Crippen molar-refractivity contribution in [1.82, 2.24) is 19.7 Å². The van der Waals surface area contributed by atoms with E-state index in [9.17, 15) is 0 Å². The largest absolute Gasteiger partial charge is 0.352 e. The Morgan fingerprint density at radius 2 is 2.05 bits per heavy atom. The van der Waals surface area contributed by atoms with Crippen LogP contribution in [0.1, 0.15) is 44.6 Å². The van der Waals surface area contributed by atoms with Crippen LogP contribution >= 0.6 is 0 Å². The van der Waals surface area contributed by atoms with Crippen LogP contribution in [0.2, 0.25) is 0 Å². The molecule has 1 saturated heterocycles. The lowest BCUT2D eigenvalue weighted by Crippen LogP contribution is -2.38. The molecule has 1 aliphatic rings. The quantitative estimate of drug-likeness (QED) is 0.844. The molecular weight excluding hydrogens is 250 g/mol. The van der Waals surface area contributed by atoms with Crippen molar-refractivity contribution in [3.05, 3.63) is 11.5 Å². The average molecular weight is 273 g/mol. The summed E-state index contributed by atoms with van der Waals surface area (Å²) in [5, 5.41) is 4.53. The molecule has 5 nitrogen and oxygen atoms in total. The zero-order valence-corrected chi connectivity index (χ0v) is 12.8. The van der Waals surface area contributed by atoms with Crippen molar-refractivity contribution in [2.75, 3.05) is 11.4 Å². The first-order valence-electron chi connectivity index (χ1n) is 7.58. The minimum atomic E-state index is 0.543. The normalized spacial score (nSPS) is 19.8. The summed E-state index contributed by atoms with van der Waals surface area (Å²) in [4.78, 5) is 11.9. The molecular formula is C15H23N5. The molecule has 0 amide bonds. The Morgan fingerprint density at radius 3 is 2.75 bits per heavy atom. The van der Waals surface area contributed by atoms with Gasteiger partial charge >= 0.3 is 0 Å². The van der Waals surface area contributed by atoms with E-state index in [1.54, 1.807) is 0 Å². The number of anilines is 1. The molecule has 1 fully saturated rings. The van der Waals surface area contributed by atoms with E-state index in [0.717, 1.165) is 41.3 Å². The molecule has 3 heterocycles. The maximum atomic E-state index is 4.82. The smallest absolute Gasteiger partial charge is 0.158 e. The summed E-state index contributed by atoms with van der Waals surface area (Å²) < 4.78 is 1.93. The molecule has 0 radical (unpaired) electrons. The number of fused-ring (bicyclic) bond motifs is 1. The molecule has 108 valence electrons. The summed E-state index contributed by atoms with van der Waals surface area (Å²) in [5.74, 6) is 1.99. The zero-order chi connectivity index (χ0) is 14.3. The number of rotatable bonds is 2. The van der Waals surface area contributed by atoms with Gasteiger partial charge in [0, 0.05) is 26.1 Å². The van der Waals surface area contributed by atoms with Gasteiger partial charge in [-0.05, 0) is 33.1 Å². The second-order valence-corrected chi connectivity index (χ2v) is 5.76. The summed E-state index contributed by atoms with van der Waals surface area (Å²) in [7, 11) is 1.99. The van der Waals surface area contributed by atoms with E-state index >= 15 is 0 Å². The summed E-state index contributed by atoms with van der Waals surface area (Å²) in [6.45, 7) is 7.51. The highest BCUT2D eigenvalue weighted by Gasteiger charge is 2.24. The van der Waals surface area contributed by atoms with Crippen molar-refractivity contribution in [2.45, 2.75) is 52.5 Å². The van der Waals surface area contributed by atoms with Gasteiger partial charge in [-0.1, -0.05) is 6.92 Å². The van der Waals surface area contributed by atoms with Gasteiger partial charge in [-0.2, -0.15) is 5.10 Å². The third kappa shape index (κ3) is 2.05. The van der Waals surface area contributed by atoms with Crippen molar-refractivity contribution in [3.63, 3.8) is 0 Å². The molecule has 5 heteroatoms. The molecule has 0 spiro atoms. The molecule has 0 unspecified atom stereocenters. The molecule has 1 aliphatic heterocycles. The lowest BCUT2D eigenvalue weighted by molar-refractivity contribution is 0.481. The second kappa shape index (κ2) is 5.04. The third-order valence-electron chi connectivity index (χ3n) is 4.27. The Morgan fingerprint density at radius 1 is 1.25 bits per heavy atom. The van der Waals surface area contributed by atoms with E-state index in [1.165, 1.54) is 19.3 Å². The molecule has 20 heavy (non-hydrogen) atoms. The molecule has 3 rings (SSSR count). The predicted octanol–water partition coefficient (Wildman–Crippen LogP) is 2.61. The van der Waals surface area contributed by atoms with E-state index in [4.69, 9.17) is 4.98 Å². The van der Waals surface area contributed by atoms with E-state index in [-0.39, 0.29) is 0 Å². The SMILES string of the molecule is CCc1nc(N2CCCC[C@H]2C)c2c(n1)c(C)nn2C. The van der Waals surface area contributed by atoms with Crippen molar-refractivity contribution in [2.24, 2.45) is 7.05 Å². The van der Waals surface area contributed by atoms with Gasteiger partial charge in [0.15, 0.2) is 5.82 Å². The first-order valence-corrected chi connectivity index (χ1v) is 7.58. The van der Waals surface area contributed by atoms with Crippen LogP contribution in [0.3, 0.4) is 0 Å². The van der Waals surface area contributed by atoms with Crippen LogP contribution < -0.4 is 4.90 Å². The van der Waals surface area contributed by atoms with E-state index in [0.29, 0.717) is 6.04 Å². The second-order valence-electron chi connectivity index (χ2n) is 5.76. The molecule has 0 saturated carbocycles. The number of hydrogen-bond acceptors (Lipinski definition) is 4. The minimum absolute atomic E-state index is 0.543. The lowest BCUT2D eigenvalue weighted by atomic mass is 10.0. The fourth-order valence-corrected chi connectivity index (χ4v) is 3.13. The van der Waals surface area contributed by atoms with Gasteiger partial charge in [-0.25, -0.2) is 9.97 Å². The fraction of sp³-hybridized carbons (Fsp3) is 0.667. The Bertz CT molecular complexity index is 631. The van der Waals surface area contributed by atoms with Gasteiger partial charge in [-0.15, -0.1) is 0 Å². The highest BCUT2D eigenvalue weighted by atomic mass is 15.3. The number of piperidine rings is 1. The summed E-state index contributed by atoms with van der Waals surface area (Å²) >= 11 is 0. The average Bonchev–Trinajstić information content (AvgIpc) is 2.74. The number of hydrogen-bond donors (Lipinski definition) is 0. The predicted molar refractivity (Wildman–Crippen MR) is 81.1 cm³/mol. The van der Waals surface area contributed by atoms with Gasteiger partial charge in [0.1, 0.15) is 16.9 Å². The van der Waals surface area contributed by atoms with Gasteiger partial charge in [0.25, 0.3) is 0 Å². The number of aryl methyl sites for hydroxylation is 3. The maximum absolute atomic E-state index is 4.82. The molecule has 0 aromatic carbocycles. The fourth-order valence-electron chi connectivity index (χ4n) is 3.13. The minimum Gasteiger partial charge on any atom is -0.352 e. The van der Waals surface area contributed by atoms with Crippen LogP contribution in [-0.4, -0.2) is 32.3 Å². The van der Waals surface area contributed by atoms with Gasteiger partial charge < -0.3 is 4.90 Å². The molecule has 2 aromatic heterocycles. The number of aromatic nitrogens is 4. The Balaban J connectivity index is 2.21. The van der Waals surface area contributed by atoms with E-state index in [1.807, 2.05) is 18.7 Å². The highest BCUT2D eigenvalue weighted by Crippen LogP contribution is 2.30. The molecule has 0 N–H and O–H groups in total. The first kappa shape index (κ1) is 13.3. The van der Waals surface area contributed by atoms with Crippen LogP contribution in [0.25, 0.3) is 11.0 Å². The Labute approximate surface area is 120 Å². The molecule has 0 aliphatic carbocycles. The van der Waals surface area contributed by atoms with Crippen LogP contribution in [0.15, 0.2) is 0 Å². The highest BCUT2D eigenvalue weighted by molar-refractivity contribution is 5.88. The van der Waals surface area contributed by atoms with Crippen molar-refractivity contribution in [3.8, 4) is 0 Å². The molecule has 0 bridgehead atoms. The maximum Gasteiger partial charge on any atom is 0.158 e. The summed E-state index contributed by atoms with van der Waals surface area (Å²) in [6.07, 6.45) is 4.66. The topological polar surface area (TPSA) is 46.8 Å². The van der Waals surface area contributed by atoms with Gasteiger partial charge in [0.2, 0.25) is 0 Å². The van der Waals surface area contributed by atoms with Crippen LogP contribution in [0, 0.1) is 6.92 Å². The van der Waals surface area contributed by atoms with Crippen molar-refractivity contribution < 1.29 is 0 Å². The van der Waals surface area contributed by atoms with Crippen LogP contribution in [0.4, 0.5) is 5.82 Å².